The number of Topliss-reactive ketones (excluding diaryl/α,β-unsaturated/α-hetero) is 1. The van der Waals surface area contributed by atoms with Gasteiger partial charge in [-0.15, -0.1) is 0 Å². The normalized spacial score (nSPS) is 11.8. The van der Waals surface area contributed by atoms with Crippen LogP contribution in [0.1, 0.15) is 18.3 Å². The molecule has 0 saturated heterocycles. The van der Waals surface area contributed by atoms with Crippen LogP contribution < -0.4 is 0 Å². The molecule has 0 bridgehead atoms. The van der Waals surface area contributed by atoms with Crippen molar-refractivity contribution in [1.29, 1.82) is 0 Å². The van der Waals surface area contributed by atoms with Crippen LogP contribution in [0.15, 0.2) is 0 Å². The van der Waals surface area contributed by atoms with Crippen LogP contribution in [0.5, 0.6) is 0 Å². The number of halogens is 1. The number of carbonyl (C=O) groups excluding carboxylic acids is 1. The fourth-order valence-electron chi connectivity index (χ4n) is 1.57. The molecule has 0 unspecified atom stereocenters. The Balaban J connectivity index is 2.92. The lowest BCUT2D eigenvalue weighted by Crippen LogP contribution is -2.18. The molecule has 1 aromatic heterocycles. The first-order chi connectivity index (χ1) is 7.74. The maximum Gasteiger partial charge on any atom is 0.154 e. The summed E-state index contributed by atoms with van der Waals surface area (Å²) >= 11 is 6.02. The highest BCUT2D eigenvalue weighted by Crippen LogP contribution is 2.20. The smallest absolute Gasteiger partial charge is 0.154 e. The number of sulfone groups is 1. The predicted molar refractivity (Wildman–Crippen MR) is 66.1 cm³/mol. The van der Waals surface area contributed by atoms with Crippen LogP contribution in [0, 0.1) is 6.92 Å². The van der Waals surface area contributed by atoms with E-state index in [4.69, 9.17) is 11.6 Å². The molecule has 7 heteroatoms. The minimum absolute atomic E-state index is 0.000579. The third-order valence-electron chi connectivity index (χ3n) is 2.24. The summed E-state index contributed by atoms with van der Waals surface area (Å²) in [7, 11) is -3.29. The van der Waals surface area contributed by atoms with E-state index in [2.05, 4.69) is 5.10 Å². The molecule has 0 fully saturated rings. The molecule has 0 radical (unpaired) electrons. The van der Waals surface area contributed by atoms with Gasteiger partial charge in [-0.05, 0) is 13.8 Å². The third-order valence-corrected chi connectivity index (χ3v) is 3.58. The van der Waals surface area contributed by atoms with Crippen LogP contribution in [0.2, 0.25) is 5.02 Å². The van der Waals surface area contributed by atoms with Gasteiger partial charge in [0.1, 0.15) is 5.75 Å². The Labute approximate surface area is 106 Å². The molecule has 96 valence electrons. The second-order valence-electron chi connectivity index (χ2n) is 3.95. The molecule has 17 heavy (non-hydrogen) atoms. The van der Waals surface area contributed by atoms with E-state index in [1.54, 1.807) is 11.6 Å². The fourth-order valence-corrected chi connectivity index (χ4v) is 2.46. The number of aromatic nitrogens is 2. The van der Waals surface area contributed by atoms with Gasteiger partial charge < -0.3 is 0 Å². The summed E-state index contributed by atoms with van der Waals surface area (Å²) in [5, 5.41) is 4.60. The van der Waals surface area contributed by atoms with Crippen molar-refractivity contribution >= 4 is 27.2 Å². The van der Waals surface area contributed by atoms with E-state index < -0.39 is 15.6 Å². The number of hydrogen-bond acceptors (Lipinski definition) is 4. The highest BCUT2D eigenvalue weighted by molar-refractivity contribution is 7.91. The van der Waals surface area contributed by atoms with Crippen LogP contribution in [0.25, 0.3) is 0 Å². The van der Waals surface area contributed by atoms with Crippen LogP contribution >= 0.6 is 11.6 Å². The van der Waals surface area contributed by atoms with Gasteiger partial charge in [-0.1, -0.05) is 11.6 Å². The highest BCUT2D eigenvalue weighted by Gasteiger charge is 2.18. The summed E-state index contributed by atoms with van der Waals surface area (Å²) in [6.07, 6.45) is 1.04. The summed E-state index contributed by atoms with van der Waals surface area (Å²) in [6.45, 7) is 4.22. The van der Waals surface area contributed by atoms with Crippen molar-refractivity contribution in [2.24, 2.45) is 0 Å². The first kappa shape index (κ1) is 14.2. The second-order valence-corrected chi connectivity index (χ2v) is 6.47. The molecule has 0 saturated carbocycles. The zero-order valence-electron chi connectivity index (χ0n) is 10.0. The molecule has 0 atom stereocenters. The lowest BCUT2D eigenvalue weighted by Gasteiger charge is -2.04. The Hall–Kier alpha value is -0.880. The molecule has 1 heterocycles. The molecular formula is C10H15ClN2O3S. The Bertz CT molecular complexity index is 534. The number of aryl methyl sites for hydroxylation is 2. The zero-order valence-corrected chi connectivity index (χ0v) is 11.6. The number of ketones is 1. The maximum absolute atomic E-state index is 11.6. The van der Waals surface area contributed by atoms with Gasteiger partial charge in [-0.25, -0.2) is 8.42 Å². The van der Waals surface area contributed by atoms with Crippen molar-refractivity contribution in [3.05, 3.63) is 16.4 Å². The van der Waals surface area contributed by atoms with Crippen molar-refractivity contribution in [2.75, 3.05) is 12.0 Å². The monoisotopic (exact) mass is 278 g/mol. The molecular weight excluding hydrogens is 264 g/mol. The second kappa shape index (κ2) is 5.18. The van der Waals surface area contributed by atoms with E-state index in [1.807, 2.05) is 6.92 Å². The molecule has 0 spiro atoms. The number of nitrogens with zero attached hydrogens (tertiary/aromatic N) is 2. The molecule has 1 aromatic rings. The van der Waals surface area contributed by atoms with Crippen LogP contribution in [0.3, 0.4) is 0 Å². The third kappa shape index (κ3) is 3.81. The van der Waals surface area contributed by atoms with E-state index in [-0.39, 0.29) is 12.2 Å². The average Bonchev–Trinajstić information content (AvgIpc) is 2.42. The average molecular weight is 279 g/mol. The van der Waals surface area contributed by atoms with Crippen molar-refractivity contribution in [1.82, 2.24) is 9.78 Å². The highest BCUT2D eigenvalue weighted by atomic mass is 35.5. The van der Waals surface area contributed by atoms with E-state index in [0.717, 1.165) is 6.26 Å². The van der Waals surface area contributed by atoms with Gasteiger partial charge in [0.05, 0.1) is 22.8 Å². The molecule has 0 aliphatic carbocycles. The van der Waals surface area contributed by atoms with Gasteiger partial charge in [-0.3, -0.25) is 9.48 Å². The largest absolute Gasteiger partial charge is 0.298 e. The number of carbonyl (C=O) groups is 1. The Morgan fingerprint density at radius 1 is 1.47 bits per heavy atom. The minimum Gasteiger partial charge on any atom is -0.298 e. The summed E-state index contributed by atoms with van der Waals surface area (Å²) in [5.41, 5.74) is 1.23. The number of hydrogen-bond donors (Lipinski definition) is 0. The predicted octanol–water partition coefficient (Wildman–Crippen LogP) is 1.02. The van der Waals surface area contributed by atoms with Crippen molar-refractivity contribution in [2.45, 2.75) is 26.8 Å². The maximum atomic E-state index is 11.6. The van der Waals surface area contributed by atoms with E-state index in [1.165, 1.54) is 0 Å². The van der Waals surface area contributed by atoms with Crippen LogP contribution in [-0.4, -0.2) is 36.0 Å². The molecule has 0 N–H and O–H groups in total. The van der Waals surface area contributed by atoms with Gasteiger partial charge in [-0.2, -0.15) is 5.10 Å². The van der Waals surface area contributed by atoms with Gasteiger partial charge in [0.25, 0.3) is 0 Å². The molecule has 0 aliphatic heterocycles. The fraction of sp³-hybridized carbons (Fsp3) is 0.600. The zero-order chi connectivity index (χ0) is 13.2. The van der Waals surface area contributed by atoms with Gasteiger partial charge in [0, 0.05) is 12.8 Å². The molecule has 1 rings (SSSR count). The topological polar surface area (TPSA) is 69.0 Å². The first-order valence-corrected chi connectivity index (χ1v) is 7.59. The quantitative estimate of drug-likeness (QED) is 0.806. The van der Waals surface area contributed by atoms with Gasteiger partial charge in [0.2, 0.25) is 0 Å². The van der Waals surface area contributed by atoms with E-state index in [0.29, 0.717) is 23.0 Å². The van der Waals surface area contributed by atoms with Crippen molar-refractivity contribution < 1.29 is 13.2 Å². The molecule has 0 aromatic carbocycles. The Morgan fingerprint density at radius 3 is 2.53 bits per heavy atom. The summed E-state index contributed by atoms with van der Waals surface area (Å²) < 4.78 is 23.6. The molecule has 0 amide bonds. The first-order valence-electron chi connectivity index (χ1n) is 5.15. The Kier molecular flexibility index (Phi) is 4.32. The minimum atomic E-state index is -3.29. The lowest BCUT2D eigenvalue weighted by molar-refractivity contribution is -0.116. The molecule has 0 aliphatic rings. The lowest BCUT2D eigenvalue weighted by atomic mass is 10.2. The van der Waals surface area contributed by atoms with Crippen LogP contribution in [0.4, 0.5) is 0 Å². The van der Waals surface area contributed by atoms with Gasteiger partial charge in [0.15, 0.2) is 15.6 Å². The Morgan fingerprint density at radius 2 is 2.06 bits per heavy atom. The van der Waals surface area contributed by atoms with Crippen LogP contribution in [-0.2, 0) is 27.6 Å². The summed E-state index contributed by atoms with van der Waals surface area (Å²) in [6, 6.07) is 0. The van der Waals surface area contributed by atoms with Crippen molar-refractivity contribution in [3.8, 4) is 0 Å². The summed E-state index contributed by atoms with van der Waals surface area (Å²) in [4.78, 5) is 11.6. The number of rotatable bonds is 5. The van der Waals surface area contributed by atoms with Crippen molar-refractivity contribution in [3.63, 3.8) is 0 Å². The van der Waals surface area contributed by atoms with Gasteiger partial charge >= 0.3 is 0 Å². The SMILES string of the molecule is CCn1nc(C)c(Cl)c1CC(=O)CS(C)(=O)=O. The standard InChI is InChI=1S/C10H15ClN2O3S/c1-4-13-9(10(11)7(2)12-13)5-8(14)6-17(3,15)16/h4-6H2,1-3H3. The van der Waals surface area contributed by atoms with E-state index in [9.17, 15) is 13.2 Å². The molecule has 5 nitrogen and oxygen atoms in total. The van der Waals surface area contributed by atoms with E-state index >= 15 is 0 Å². The summed E-state index contributed by atoms with van der Waals surface area (Å²) in [5.74, 6) is -0.832.